The van der Waals surface area contributed by atoms with Gasteiger partial charge >= 0.3 is 0 Å². The van der Waals surface area contributed by atoms with Crippen molar-refractivity contribution in [1.82, 2.24) is 0 Å². The molecule has 0 saturated carbocycles. The monoisotopic (exact) mass is 288 g/mol. The van der Waals surface area contributed by atoms with E-state index in [9.17, 15) is 4.79 Å². The molecule has 0 aliphatic carbocycles. The van der Waals surface area contributed by atoms with Gasteiger partial charge in [-0.1, -0.05) is 30.3 Å². The molecule has 22 heavy (non-hydrogen) atoms. The first-order valence-electron chi connectivity index (χ1n) is 6.98. The zero-order valence-corrected chi connectivity index (χ0v) is 11.7. The van der Waals surface area contributed by atoms with Crippen LogP contribution in [0.3, 0.4) is 0 Å². The molecule has 0 saturated heterocycles. The van der Waals surface area contributed by atoms with Crippen molar-refractivity contribution < 1.29 is 13.9 Å². The number of hydrogen-bond donors (Lipinski definition) is 0. The average Bonchev–Trinajstić information content (AvgIpc) is 3.00. The molecule has 3 aromatic rings. The van der Waals surface area contributed by atoms with E-state index in [0.717, 1.165) is 16.5 Å². The number of rotatable bonds is 2. The lowest BCUT2D eigenvalue weighted by atomic mass is 10.1. The summed E-state index contributed by atoms with van der Waals surface area (Å²) in [6, 6.07) is 14.9. The Morgan fingerprint density at radius 1 is 1.00 bits per heavy atom. The van der Waals surface area contributed by atoms with Crippen LogP contribution in [0, 0.1) is 0 Å². The SMILES string of the molecule is O=C(/C=C1/C=Cc2cc3ccoc3cc2O1)c1ccccc1. The summed E-state index contributed by atoms with van der Waals surface area (Å²) in [5.74, 6) is 1.13. The zero-order valence-electron chi connectivity index (χ0n) is 11.7. The molecule has 0 unspecified atom stereocenters. The van der Waals surface area contributed by atoms with Crippen LogP contribution in [0.1, 0.15) is 15.9 Å². The molecule has 0 amide bonds. The molecule has 1 aliphatic rings. The standard InChI is InChI=1S/C19H12O3/c20-17(13-4-2-1-3-5-13)11-16-7-6-14-10-15-8-9-21-18(15)12-19(14)22-16/h1-12H/b16-11-. The van der Waals surface area contributed by atoms with Crippen LogP contribution in [-0.2, 0) is 0 Å². The van der Waals surface area contributed by atoms with E-state index in [4.69, 9.17) is 9.15 Å². The van der Waals surface area contributed by atoms with Crippen LogP contribution in [0.15, 0.2) is 77.1 Å². The summed E-state index contributed by atoms with van der Waals surface area (Å²) < 4.78 is 11.2. The van der Waals surface area contributed by atoms with Crippen molar-refractivity contribution in [3.05, 3.63) is 83.8 Å². The molecule has 4 rings (SSSR count). The summed E-state index contributed by atoms with van der Waals surface area (Å²) in [6.45, 7) is 0. The molecule has 0 atom stereocenters. The summed E-state index contributed by atoms with van der Waals surface area (Å²) >= 11 is 0. The average molecular weight is 288 g/mol. The lowest BCUT2D eigenvalue weighted by molar-refractivity contribution is 0.104. The third-order valence-electron chi connectivity index (χ3n) is 3.57. The first-order chi connectivity index (χ1) is 10.8. The Morgan fingerprint density at radius 2 is 1.86 bits per heavy atom. The third kappa shape index (κ3) is 2.23. The van der Waals surface area contributed by atoms with Gasteiger partial charge in [0.2, 0.25) is 0 Å². The summed E-state index contributed by atoms with van der Waals surface area (Å²) in [4.78, 5) is 12.2. The Bertz CT molecular complexity index is 914. The Balaban J connectivity index is 1.67. The highest BCUT2D eigenvalue weighted by Crippen LogP contribution is 2.32. The predicted octanol–water partition coefficient (Wildman–Crippen LogP) is 4.61. The molecule has 0 N–H and O–H groups in total. The van der Waals surface area contributed by atoms with Crippen molar-refractivity contribution in [1.29, 1.82) is 0 Å². The van der Waals surface area contributed by atoms with Crippen molar-refractivity contribution in [2.75, 3.05) is 0 Å². The molecule has 2 aromatic carbocycles. The smallest absolute Gasteiger partial charge is 0.189 e. The molecule has 0 spiro atoms. The van der Waals surface area contributed by atoms with Crippen LogP contribution in [-0.4, -0.2) is 5.78 Å². The van der Waals surface area contributed by atoms with Crippen LogP contribution in [0.2, 0.25) is 0 Å². The van der Waals surface area contributed by atoms with Gasteiger partial charge < -0.3 is 9.15 Å². The zero-order chi connectivity index (χ0) is 14.9. The van der Waals surface area contributed by atoms with Gasteiger partial charge in [0.15, 0.2) is 5.78 Å². The molecule has 2 heterocycles. The van der Waals surface area contributed by atoms with Gasteiger partial charge in [0.25, 0.3) is 0 Å². The number of carbonyl (C=O) groups is 1. The second kappa shape index (κ2) is 5.04. The van der Waals surface area contributed by atoms with E-state index >= 15 is 0 Å². The molecule has 1 aliphatic heterocycles. The maximum Gasteiger partial charge on any atom is 0.189 e. The van der Waals surface area contributed by atoms with Crippen molar-refractivity contribution in [3.8, 4) is 5.75 Å². The number of ketones is 1. The second-order valence-corrected chi connectivity index (χ2v) is 5.06. The summed E-state index contributed by atoms with van der Waals surface area (Å²) in [6.07, 6.45) is 6.89. The molecule has 1 aromatic heterocycles. The molecule has 3 nitrogen and oxygen atoms in total. The topological polar surface area (TPSA) is 39.4 Å². The summed E-state index contributed by atoms with van der Waals surface area (Å²) in [7, 11) is 0. The van der Waals surface area contributed by atoms with Gasteiger partial charge in [-0.05, 0) is 24.3 Å². The van der Waals surface area contributed by atoms with Gasteiger partial charge in [-0.3, -0.25) is 4.79 Å². The van der Waals surface area contributed by atoms with E-state index in [1.807, 2.05) is 42.5 Å². The summed E-state index contributed by atoms with van der Waals surface area (Å²) in [5.41, 5.74) is 2.38. The van der Waals surface area contributed by atoms with Crippen LogP contribution in [0.5, 0.6) is 5.75 Å². The Morgan fingerprint density at radius 3 is 2.73 bits per heavy atom. The van der Waals surface area contributed by atoms with Crippen LogP contribution < -0.4 is 4.74 Å². The minimum atomic E-state index is -0.0808. The van der Waals surface area contributed by atoms with E-state index < -0.39 is 0 Å². The van der Waals surface area contributed by atoms with Crippen molar-refractivity contribution in [2.24, 2.45) is 0 Å². The van der Waals surface area contributed by atoms with Gasteiger partial charge in [0, 0.05) is 28.7 Å². The van der Waals surface area contributed by atoms with Crippen molar-refractivity contribution in [3.63, 3.8) is 0 Å². The van der Waals surface area contributed by atoms with E-state index in [-0.39, 0.29) is 5.78 Å². The van der Waals surface area contributed by atoms with Gasteiger partial charge in [0.05, 0.1) is 6.26 Å². The minimum absolute atomic E-state index is 0.0808. The number of carbonyl (C=O) groups excluding carboxylic acids is 1. The predicted molar refractivity (Wildman–Crippen MR) is 84.7 cm³/mol. The fourth-order valence-electron chi connectivity index (χ4n) is 2.45. The quantitative estimate of drug-likeness (QED) is 0.511. The van der Waals surface area contributed by atoms with Crippen LogP contribution in [0.4, 0.5) is 0 Å². The highest BCUT2D eigenvalue weighted by Gasteiger charge is 2.13. The van der Waals surface area contributed by atoms with E-state index in [1.165, 1.54) is 6.08 Å². The van der Waals surface area contributed by atoms with Crippen LogP contribution >= 0.6 is 0 Å². The number of fused-ring (bicyclic) bond motifs is 2. The van der Waals surface area contributed by atoms with Gasteiger partial charge in [-0.2, -0.15) is 0 Å². The fraction of sp³-hybridized carbons (Fsp3) is 0. The number of allylic oxidation sites excluding steroid dienone is 2. The molecule has 0 bridgehead atoms. The number of furan rings is 1. The second-order valence-electron chi connectivity index (χ2n) is 5.06. The normalized spacial score (nSPS) is 14.8. The molecule has 0 fully saturated rings. The van der Waals surface area contributed by atoms with E-state index in [0.29, 0.717) is 17.1 Å². The molecular formula is C19H12O3. The lowest BCUT2D eigenvalue weighted by Crippen LogP contribution is -2.03. The Kier molecular flexibility index (Phi) is 2.90. The van der Waals surface area contributed by atoms with Crippen molar-refractivity contribution >= 4 is 22.8 Å². The maximum absolute atomic E-state index is 12.2. The Hall–Kier alpha value is -3.07. The Labute approximate surface area is 127 Å². The molecule has 0 radical (unpaired) electrons. The van der Waals surface area contributed by atoms with Gasteiger partial charge in [-0.15, -0.1) is 0 Å². The molecule has 3 heteroatoms. The van der Waals surface area contributed by atoms with Crippen molar-refractivity contribution in [2.45, 2.75) is 0 Å². The van der Waals surface area contributed by atoms with E-state index in [1.54, 1.807) is 24.5 Å². The fourth-order valence-corrected chi connectivity index (χ4v) is 2.45. The largest absolute Gasteiger partial charge is 0.464 e. The lowest BCUT2D eigenvalue weighted by Gasteiger charge is -2.14. The van der Waals surface area contributed by atoms with Gasteiger partial charge in [0.1, 0.15) is 17.1 Å². The highest BCUT2D eigenvalue weighted by molar-refractivity contribution is 6.05. The van der Waals surface area contributed by atoms with Gasteiger partial charge in [-0.25, -0.2) is 0 Å². The third-order valence-corrected chi connectivity index (χ3v) is 3.57. The minimum Gasteiger partial charge on any atom is -0.464 e. The molecule has 106 valence electrons. The highest BCUT2D eigenvalue weighted by atomic mass is 16.5. The van der Waals surface area contributed by atoms with E-state index in [2.05, 4.69) is 0 Å². The number of ether oxygens (including phenoxy) is 1. The number of benzene rings is 2. The molecular weight excluding hydrogens is 276 g/mol. The first kappa shape index (κ1) is 12.7. The number of hydrogen-bond acceptors (Lipinski definition) is 3. The maximum atomic E-state index is 12.2. The first-order valence-corrected chi connectivity index (χ1v) is 6.98. The summed E-state index contributed by atoms with van der Waals surface area (Å²) in [5, 5.41) is 1.03. The van der Waals surface area contributed by atoms with Crippen LogP contribution in [0.25, 0.3) is 17.0 Å².